The van der Waals surface area contributed by atoms with Crippen molar-refractivity contribution in [1.82, 2.24) is 4.98 Å². The smallest absolute Gasteiger partial charge is 0.323 e. The van der Waals surface area contributed by atoms with Gasteiger partial charge in [0.05, 0.1) is 18.4 Å². The standard InChI is InChI=1S/C45H51FN4O9/c1-25-16-35-34-11-9-30-18-32(51)12-14-42(30,2)44(34,46)37(52)20-43(35,3)45(25,57)38(53)24-58-39(54)19-36(48)41(56)59-23-26-4-6-27(7-5-26)33(21-47)40(55)50-31-10-8-29-22-49-15-13-28(29)17-31/h4-8,10,12-15,17-18,22,25,33-37,52,57H,9,11,16,19-21,23-24,47-48H2,1-3H3,(H,50,55)/t25-,33?,34+,35+,36?,37+,42+,43+,44+,45+/m1/s1. The number of nitrogens with zero attached hydrogens (tertiary/aromatic N) is 1. The van der Waals surface area contributed by atoms with Crippen molar-refractivity contribution in [2.75, 3.05) is 18.5 Å². The third kappa shape index (κ3) is 7.09. The van der Waals surface area contributed by atoms with Gasteiger partial charge in [-0.1, -0.05) is 55.8 Å². The first-order valence-corrected chi connectivity index (χ1v) is 20.0. The molecule has 2 unspecified atom stereocenters. The number of esters is 2. The predicted octanol–water partition coefficient (Wildman–Crippen LogP) is 4.14. The lowest BCUT2D eigenvalue weighted by Crippen LogP contribution is -2.69. The van der Waals surface area contributed by atoms with E-state index in [0.717, 1.165) is 10.8 Å². The molecule has 3 aromatic rings. The molecule has 4 aliphatic carbocycles. The fourth-order valence-electron chi connectivity index (χ4n) is 10.6. The van der Waals surface area contributed by atoms with E-state index in [1.807, 2.05) is 18.2 Å². The maximum absolute atomic E-state index is 17.5. The number of nitrogens with one attached hydrogen (secondary N) is 1. The number of fused-ring (bicyclic) bond motifs is 6. The Morgan fingerprint density at radius 3 is 2.53 bits per heavy atom. The largest absolute Gasteiger partial charge is 0.460 e. The lowest BCUT2D eigenvalue weighted by molar-refractivity contribution is -0.220. The molecule has 10 atom stereocenters. The molecule has 0 bridgehead atoms. The Kier molecular flexibility index (Phi) is 11.2. The highest BCUT2D eigenvalue weighted by atomic mass is 19.1. The summed E-state index contributed by atoms with van der Waals surface area (Å²) in [5.74, 6) is -5.63. The van der Waals surface area contributed by atoms with E-state index in [4.69, 9.17) is 20.9 Å². The van der Waals surface area contributed by atoms with Crippen molar-refractivity contribution in [3.63, 3.8) is 0 Å². The van der Waals surface area contributed by atoms with Crippen molar-refractivity contribution in [1.29, 1.82) is 0 Å². The number of ether oxygens (including phenoxy) is 2. The summed E-state index contributed by atoms with van der Waals surface area (Å²) in [5.41, 5.74) is 7.81. The van der Waals surface area contributed by atoms with Gasteiger partial charge in [0.25, 0.3) is 0 Å². The fraction of sp³-hybridized carbons (Fsp3) is 0.467. The van der Waals surface area contributed by atoms with Crippen LogP contribution in [0.5, 0.6) is 0 Å². The quantitative estimate of drug-likeness (QED) is 0.163. The summed E-state index contributed by atoms with van der Waals surface area (Å²) in [6.45, 7) is 4.15. The second-order valence-electron chi connectivity index (χ2n) is 17.1. The third-order valence-corrected chi connectivity index (χ3v) is 13.9. The number of benzene rings is 2. The highest BCUT2D eigenvalue weighted by molar-refractivity contribution is 6.01. The van der Waals surface area contributed by atoms with Crippen molar-refractivity contribution in [2.24, 2.45) is 40.1 Å². The molecule has 7 N–H and O–H groups in total. The number of allylic oxidation sites excluding steroid dienone is 4. The SMILES string of the molecule is C[C@@H]1C[C@H]2[C@@H]3CCC4=CC(=O)C=C[C@]4(C)[C@@]3(F)[C@@H](O)C[C@]2(C)[C@@]1(O)C(=O)COC(=O)CC(N)C(=O)OCc1ccc(C(CN)C(=O)Nc2ccc3cnccc3c2)cc1. The van der Waals surface area contributed by atoms with E-state index < -0.39 is 88.7 Å². The molecule has 0 aliphatic heterocycles. The number of pyridine rings is 1. The number of carbonyl (C=O) groups is 5. The Bertz CT molecular complexity index is 2250. The van der Waals surface area contributed by atoms with Crippen LogP contribution >= 0.6 is 0 Å². The minimum atomic E-state index is -2.13. The maximum atomic E-state index is 17.5. The summed E-state index contributed by atoms with van der Waals surface area (Å²) in [7, 11) is 0. The normalized spacial score (nSPS) is 31.9. The van der Waals surface area contributed by atoms with Gasteiger partial charge in [-0.05, 0) is 91.3 Å². The van der Waals surface area contributed by atoms with Crippen molar-refractivity contribution in [2.45, 2.75) is 88.8 Å². The molecule has 59 heavy (non-hydrogen) atoms. The second-order valence-corrected chi connectivity index (χ2v) is 17.1. The van der Waals surface area contributed by atoms with Crippen LogP contribution in [0, 0.1) is 28.6 Å². The number of aromatic nitrogens is 1. The molecule has 3 fully saturated rings. The average molecular weight is 811 g/mol. The molecular weight excluding hydrogens is 760 g/mol. The molecule has 14 heteroatoms. The van der Waals surface area contributed by atoms with Gasteiger partial charge < -0.3 is 36.5 Å². The average Bonchev–Trinajstić information content (AvgIpc) is 3.41. The van der Waals surface area contributed by atoms with Crippen molar-refractivity contribution < 1.29 is 48.0 Å². The Hall–Kier alpha value is -5.15. The Labute approximate surface area is 341 Å². The number of aliphatic hydroxyl groups excluding tert-OH is 1. The summed E-state index contributed by atoms with van der Waals surface area (Å²) in [4.78, 5) is 68.8. The number of hydrogen-bond acceptors (Lipinski definition) is 12. The van der Waals surface area contributed by atoms with Gasteiger partial charge in [-0.25, -0.2) is 4.39 Å². The molecule has 13 nitrogen and oxygen atoms in total. The molecule has 0 radical (unpaired) electrons. The molecule has 312 valence electrons. The first-order valence-electron chi connectivity index (χ1n) is 20.0. The molecule has 3 saturated carbocycles. The van der Waals surface area contributed by atoms with Crippen LogP contribution in [0.15, 0.2) is 84.7 Å². The van der Waals surface area contributed by atoms with Crippen LogP contribution < -0.4 is 16.8 Å². The number of carbonyl (C=O) groups excluding carboxylic acids is 5. The predicted molar refractivity (Wildman–Crippen MR) is 215 cm³/mol. The van der Waals surface area contributed by atoms with Gasteiger partial charge in [-0.2, -0.15) is 0 Å². The van der Waals surface area contributed by atoms with Crippen molar-refractivity contribution in [3.05, 3.63) is 95.9 Å². The van der Waals surface area contributed by atoms with Gasteiger partial charge in [0.2, 0.25) is 11.7 Å². The van der Waals surface area contributed by atoms with E-state index >= 15 is 4.39 Å². The number of aliphatic hydroxyl groups is 2. The molecular formula is C45H51FN4O9. The molecule has 1 aromatic heterocycles. The maximum Gasteiger partial charge on any atom is 0.323 e. The minimum Gasteiger partial charge on any atom is -0.460 e. The summed E-state index contributed by atoms with van der Waals surface area (Å²) >= 11 is 0. The van der Waals surface area contributed by atoms with Crippen molar-refractivity contribution in [3.8, 4) is 0 Å². The number of hydrogen-bond donors (Lipinski definition) is 5. The lowest BCUT2D eigenvalue weighted by Gasteiger charge is -2.62. The first kappa shape index (κ1) is 42.0. The van der Waals surface area contributed by atoms with E-state index in [-0.39, 0.29) is 31.3 Å². The Morgan fingerprint density at radius 2 is 1.80 bits per heavy atom. The Morgan fingerprint density at radius 1 is 1.05 bits per heavy atom. The van der Waals surface area contributed by atoms with E-state index in [1.54, 1.807) is 69.6 Å². The van der Waals surface area contributed by atoms with Crippen LogP contribution in [-0.2, 0) is 40.1 Å². The number of amides is 1. The van der Waals surface area contributed by atoms with Crippen LogP contribution in [0.25, 0.3) is 10.8 Å². The molecule has 2 aromatic carbocycles. The van der Waals surface area contributed by atoms with E-state index in [0.29, 0.717) is 41.6 Å². The van der Waals surface area contributed by atoms with Crippen LogP contribution in [-0.4, -0.2) is 81.2 Å². The van der Waals surface area contributed by atoms with E-state index in [9.17, 15) is 34.2 Å². The highest BCUT2D eigenvalue weighted by Gasteiger charge is 2.75. The lowest BCUT2D eigenvalue weighted by atomic mass is 9.44. The van der Waals surface area contributed by atoms with Crippen LogP contribution in [0.1, 0.15) is 69.9 Å². The van der Waals surface area contributed by atoms with Gasteiger partial charge in [-0.3, -0.25) is 29.0 Å². The zero-order valence-corrected chi connectivity index (χ0v) is 33.4. The summed E-state index contributed by atoms with van der Waals surface area (Å²) in [6, 6.07) is 12.7. The summed E-state index contributed by atoms with van der Waals surface area (Å²) < 4.78 is 28.0. The Balaban J connectivity index is 0.908. The van der Waals surface area contributed by atoms with Crippen LogP contribution in [0.2, 0.25) is 0 Å². The minimum absolute atomic E-state index is 0.0524. The van der Waals surface area contributed by atoms with E-state index in [1.165, 1.54) is 12.2 Å². The van der Waals surface area contributed by atoms with Crippen LogP contribution in [0.4, 0.5) is 10.1 Å². The van der Waals surface area contributed by atoms with Gasteiger partial charge in [0, 0.05) is 46.8 Å². The molecule has 1 amide bonds. The number of alkyl halides is 1. The molecule has 0 saturated heterocycles. The number of rotatable bonds is 12. The monoisotopic (exact) mass is 810 g/mol. The summed E-state index contributed by atoms with van der Waals surface area (Å²) in [6.07, 6.45) is 6.45. The number of ketones is 2. The zero-order valence-electron chi connectivity index (χ0n) is 33.4. The molecule has 4 aliphatic rings. The van der Waals surface area contributed by atoms with Crippen molar-refractivity contribution >= 4 is 45.9 Å². The fourth-order valence-corrected chi connectivity index (χ4v) is 10.6. The second kappa shape index (κ2) is 15.8. The van der Waals surface area contributed by atoms with Crippen LogP contribution in [0.3, 0.4) is 0 Å². The zero-order chi connectivity index (χ0) is 42.5. The van der Waals surface area contributed by atoms with Gasteiger partial charge in [-0.15, -0.1) is 0 Å². The number of Topliss-reactive ketones (excluding diaryl/α,β-unsaturated/α-hetero) is 1. The number of anilines is 1. The molecule has 0 spiro atoms. The highest BCUT2D eigenvalue weighted by Crippen LogP contribution is 2.70. The molecule has 7 rings (SSSR count). The number of nitrogens with two attached hydrogens (primary N) is 2. The van der Waals surface area contributed by atoms with Gasteiger partial charge in [0.1, 0.15) is 18.2 Å². The number of halogens is 1. The first-order chi connectivity index (χ1) is 28.0. The van der Waals surface area contributed by atoms with E-state index in [2.05, 4.69) is 10.3 Å². The van der Waals surface area contributed by atoms with Gasteiger partial charge >= 0.3 is 11.9 Å². The van der Waals surface area contributed by atoms with Gasteiger partial charge in [0.15, 0.2) is 18.1 Å². The summed E-state index contributed by atoms with van der Waals surface area (Å²) in [5, 5.41) is 28.5. The topological polar surface area (TPSA) is 221 Å². The third-order valence-electron chi connectivity index (χ3n) is 13.9. The molecule has 1 heterocycles.